The Kier molecular flexibility index (Phi) is 9.35. The molecule has 5 rings (SSSR count). The van der Waals surface area contributed by atoms with Gasteiger partial charge < -0.3 is 20.5 Å². The Balaban J connectivity index is 1.37. The minimum atomic E-state index is -3.12. The molecular weight excluding hydrogens is 578 g/mol. The summed E-state index contributed by atoms with van der Waals surface area (Å²) < 4.78 is 65.8. The molecule has 13 heteroatoms. The van der Waals surface area contributed by atoms with Crippen molar-refractivity contribution in [3.8, 4) is 11.3 Å². The van der Waals surface area contributed by atoms with E-state index in [2.05, 4.69) is 27.3 Å². The quantitative estimate of drug-likeness (QED) is 0.248. The van der Waals surface area contributed by atoms with Crippen molar-refractivity contribution in [1.82, 2.24) is 19.6 Å². The van der Waals surface area contributed by atoms with Crippen LogP contribution in [0, 0.1) is 17.6 Å². The molecule has 1 aromatic carbocycles. The first kappa shape index (κ1) is 30.9. The molecule has 0 spiro atoms. The maximum Gasteiger partial charge on any atom is 0.229 e. The van der Waals surface area contributed by atoms with E-state index in [1.54, 1.807) is 30.7 Å². The van der Waals surface area contributed by atoms with Crippen molar-refractivity contribution in [2.75, 3.05) is 30.5 Å². The van der Waals surface area contributed by atoms with E-state index in [0.29, 0.717) is 35.7 Å². The standard InChI is InChI=1S/C30H36F2N6O4S/c1-4-41-17-19-12-23(31)28(24(32)13-19)26-6-5-21-15-35-30(38(21)37-26)36-27-16-34-8-7-22(27)20-11-18(2)29(25(33)14-20)42-9-10-43(3,39)40/h5-8,12-13,15-16,18,20,25,29H,4,9-11,14,17,33H2,1-3H3,(H,35,36)/t18-,20?,25+,29-/m0/s1. The lowest BCUT2D eigenvalue weighted by atomic mass is 9.74. The molecule has 1 saturated carbocycles. The number of nitrogens with two attached hydrogens (primary N) is 1. The van der Waals surface area contributed by atoms with E-state index in [4.69, 9.17) is 15.2 Å². The molecule has 1 fully saturated rings. The summed E-state index contributed by atoms with van der Waals surface area (Å²) in [5, 5.41) is 7.83. The third kappa shape index (κ3) is 7.18. The third-order valence-electron chi connectivity index (χ3n) is 7.72. The molecule has 4 atom stereocenters. The smallest absolute Gasteiger partial charge is 0.229 e. The van der Waals surface area contributed by atoms with Crippen molar-refractivity contribution in [3.63, 3.8) is 0 Å². The molecule has 0 bridgehead atoms. The number of sulfone groups is 1. The van der Waals surface area contributed by atoms with E-state index < -0.39 is 21.5 Å². The zero-order valence-corrected chi connectivity index (χ0v) is 25.2. The van der Waals surface area contributed by atoms with Crippen molar-refractivity contribution >= 4 is 27.0 Å². The van der Waals surface area contributed by atoms with Crippen LogP contribution in [0.2, 0.25) is 0 Å². The summed E-state index contributed by atoms with van der Waals surface area (Å²) in [4.78, 5) is 8.76. The van der Waals surface area contributed by atoms with Crippen LogP contribution in [0.3, 0.4) is 0 Å². The second-order valence-electron chi connectivity index (χ2n) is 11.1. The number of ether oxygens (including phenoxy) is 2. The molecule has 0 aliphatic heterocycles. The molecule has 10 nitrogen and oxygen atoms in total. The highest BCUT2D eigenvalue weighted by molar-refractivity contribution is 7.90. The topological polar surface area (TPSA) is 134 Å². The summed E-state index contributed by atoms with van der Waals surface area (Å²) in [6.45, 7) is 4.53. The monoisotopic (exact) mass is 614 g/mol. The largest absolute Gasteiger partial charge is 0.377 e. The predicted octanol–water partition coefficient (Wildman–Crippen LogP) is 4.62. The fourth-order valence-electron chi connectivity index (χ4n) is 5.70. The van der Waals surface area contributed by atoms with E-state index in [1.165, 1.54) is 22.9 Å². The maximum atomic E-state index is 15.0. The molecule has 3 N–H and O–H groups in total. The highest BCUT2D eigenvalue weighted by Crippen LogP contribution is 2.40. The number of rotatable bonds is 11. The first-order chi connectivity index (χ1) is 20.5. The first-order valence-electron chi connectivity index (χ1n) is 14.2. The van der Waals surface area contributed by atoms with Gasteiger partial charge in [0.25, 0.3) is 0 Å². The summed E-state index contributed by atoms with van der Waals surface area (Å²) >= 11 is 0. The minimum absolute atomic E-state index is 0.0443. The molecule has 1 aliphatic carbocycles. The van der Waals surface area contributed by atoms with Crippen LogP contribution in [0.1, 0.15) is 43.7 Å². The number of nitrogens with zero attached hydrogens (tertiary/aromatic N) is 4. The zero-order valence-electron chi connectivity index (χ0n) is 24.3. The van der Waals surface area contributed by atoms with Crippen LogP contribution < -0.4 is 11.1 Å². The second-order valence-corrected chi connectivity index (χ2v) is 13.3. The van der Waals surface area contributed by atoms with Gasteiger partial charge in [0, 0.05) is 25.1 Å². The number of hydrogen-bond acceptors (Lipinski definition) is 9. The summed E-state index contributed by atoms with van der Waals surface area (Å²) in [6, 6.07) is 7.41. The Bertz CT molecular complexity index is 1660. The van der Waals surface area contributed by atoms with Crippen LogP contribution in [-0.4, -0.2) is 65.4 Å². The van der Waals surface area contributed by atoms with Crippen LogP contribution in [0.4, 0.5) is 20.4 Å². The van der Waals surface area contributed by atoms with Gasteiger partial charge in [0.05, 0.1) is 59.9 Å². The average Bonchev–Trinajstić information content (AvgIpc) is 3.34. The summed E-state index contributed by atoms with van der Waals surface area (Å²) in [7, 11) is -3.12. The predicted molar refractivity (Wildman–Crippen MR) is 160 cm³/mol. The highest BCUT2D eigenvalue weighted by atomic mass is 32.2. The van der Waals surface area contributed by atoms with Crippen molar-refractivity contribution < 1.29 is 26.7 Å². The first-order valence-corrected chi connectivity index (χ1v) is 16.3. The fourth-order valence-corrected chi connectivity index (χ4v) is 6.10. The average molecular weight is 615 g/mol. The Hall–Kier alpha value is -3.52. The molecule has 1 unspecified atom stereocenters. The Morgan fingerprint density at radius 2 is 1.91 bits per heavy atom. The van der Waals surface area contributed by atoms with Gasteiger partial charge in [-0.1, -0.05) is 6.92 Å². The van der Waals surface area contributed by atoms with Crippen molar-refractivity contribution in [2.45, 2.75) is 51.4 Å². The zero-order chi connectivity index (χ0) is 30.7. The summed E-state index contributed by atoms with van der Waals surface area (Å²) in [5.74, 6) is -0.972. The number of fused-ring (bicyclic) bond motifs is 1. The molecule has 1 aliphatic rings. The highest BCUT2D eigenvalue weighted by Gasteiger charge is 2.36. The summed E-state index contributed by atoms with van der Waals surface area (Å²) in [6.07, 6.45) is 7.38. The van der Waals surface area contributed by atoms with Crippen LogP contribution >= 0.6 is 0 Å². The molecule has 43 heavy (non-hydrogen) atoms. The number of benzene rings is 1. The lowest BCUT2D eigenvalue weighted by molar-refractivity contribution is -0.0152. The van der Waals surface area contributed by atoms with Gasteiger partial charge in [-0.3, -0.25) is 4.98 Å². The van der Waals surface area contributed by atoms with Crippen molar-refractivity contribution in [2.24, 2.45) is 11.7 Å². The van der Waals surface area contributed by atoms with Crippen molar-refractivity contribution in [1.29, 1.82) is 0 Å². The molecule has 3 heterocycles. The van der Waals surface area contributed by atoms with Crippen LogP contribution in [0.15, 0.2) is 48.9 Å². The van der Waals surface area contributed by atoms with Crippen molar-refractivity contribution in [3.05, 3.63) is 71.7 Å². The Labute approximate surface area is 249 Å². The molecular formula is C30H36F2N6O4S. The third-order valence-corrected chi connectivity index (χ3v) is 8.62. The Morgan fingerprint density at radius 1 is 1.14 bits per heavy atom. The van der Waals surface area contributed by atoms with Gasteiger partial charge in [0.15, 0.2) is 0 Å². The van der Waals surface area contributed by atoms with Gasteiger partial charge >= 0.3 is 0 Å². The lowest BCUT2D eigenvalue weighted by Gasteiger charge is -2.39. The number of anilines is 2. The van der Waals surface area contributed by atoms with Gasteiger partial charge in [0.1, 0.15) is 21.5 Å². The van der Waals surface area contributed by atoms with Crippen LogP contribution in [-0.2, 0) is 25.9 Å². The van der Waals surface area contributed by atoms with Crippen LogP contribution in [0.25, 0.3) is 16.8 Å². The minimum Gasteiger partial charge on any atom is -0.377 e. The lowest BCUT2D eigenvalue weighted by Crippen LogP contribution is -2.47. The molecule has 230 valence electrons. The number of nitrogens with one attached hydrogen (secondary N) is 1. The number of imidazole rings is 1. The van der Waals surface area contributed by atoms with E-state index in [9.17, 15) is 8.42 Å². The SMILES string of the molecule is CCOCc1cc(F)c(-c2ccc3cnc(Nc4cnccc4C4C[C@@H](N)[C@@H](OCCS(C)(=O)=O)[C@@H](C)C4)n3n2)c(F)c1. The van der Waals surface area contributed by atoms with E-state index >= 15 is 8.78 Å². The van der Waals surface area contributed by atoms with Gasteiger partial charge in [0.2, 0.25) is 5.95 Å². The number of aromatic nitrogens is 4. The number of hydrogen-bond donors (Lipinski definition) is 2. The fraction of sp³-hybridized carbons (Fsp3) is 0.433. The molecule has 3 aromatic heterocycles. The van der Waals surface area contributed by atoms with Crippen LogP contribution in [0.5, 0.6) is 0 Å². The maximum absolute atomic E-state index is 15.0. The van der Waals surface area contributed by atoms with Gasteiger partial charge in [-0.2, -0.15) is 9.61 Å². The molecule has 0 saturated heterocycles. The number of halogens is 2. The van der Waals surface area contributed by atoms with E-state index in [0.717, 1.165) is 12.0 Å². The normalized spacial score (nSPS) is 20.9. The number of pyridine rings is 1. The molecule has 0 amide bonds. The molecule has 4 aromatic rings. The van der Waals surface area contributed by atoms with Gasteiger partial charge in [-0.25, -0.2) is 22.2 Å². The summed E-state index contributed by atoms with van der Waals surface area (Å²) in [5.41, 5.74) is 9.15. The van der Waals surface area contributed by atoms with Gasteiger partial charge in [-0.15, -0.1) is 0 Å². The van der Waals surface area contributed by atoms with E-state index in [1.807, 2.05) is 13.0 Å². The van der Waals surface area contributed by atoms with Gasteiger partial charge in [-0.05, 0) is 73.1 Å². The Morgan fingerprint density at radius 3 is 2.60 bits per heavy atom. The van der Waals surface area contributed by atoms with E-state index in [-0.39, 0.29) is 54.2 Å². The second kappa shape index (κ2) is 13.0. The molecule has 0 radical (unpaired) electrons.